The monoisotopic (exact) mass is 561 g/mol. The highest BCUT2D eigenvalue weighted by molar-refractivity contribution is 7.90. The van der Waals surface area contributed by atoms with Crippen LogP contribution in [0.4, 0.5) is 10.1 Å². The zero-order valence-corrected chi connectivity index (χ0v) is 21.8. The summed E-state index contributed by atoms with van der Waals surface area (Å²) in [5, 5.41) is 14.2. The molecule has 38 heavy (non-hydrogen) atoms. The van der Waals surface area contributed by atoms with Crippen molar-refractivity contribution in [2.75, 3.05) is 11.6 Å². The van der Waals surface area contributed by atoms with E-state index in [1.54, 1.807) is 17.0 Å². The lowest BCUT2D eigenvalue weighted by Crippen LogP contribution is -2.55. The molecule has 10 nitrogen and oxygen atoms in total. The number of fused-ring (bicyclic) bond motifs is 6. The van der Waals surface area contributed by atoms with Gasteiger partial charge in [0, 0.05) is 12.8 Å². The van der Waals surface area contributed by atoms with Gasteiger partial charge in [-0.15, -0.1) is 4.40 Å². The van der Waals surface area contributed by atoms with Crippen LogP contribution in [0.2, 0.25) is 0 Å². The molecule has 4 aliphatic heterocycles. The van der Waals surface area contributed by atoms with Crippen LogP contribution in [-0.2, 0) is 41.7 Å². The van der Waals surface area contributed by atoms with Gasteiger partial charge in [-0.25, -0.2) is 12.8 Å². The predicted octanol–water partition coefficient (Wildman–Crippen LogP) is 2.28. The van der Waals surface area contributed by atoms with Gasteiger partial charge < -0.3 is 20.1 Å². The Morgan fingerprint density at radius 1 is 1.13 bits per heavy atom. The Morgan fingerprint density at radius 3 is 2.53 bits per heavy atom. The topological polar surface area (TPSA) is 142 Å². The summed E-state index contributed by atoms with van der Waals surface area (Å²) in [7, 11) is -7.74. The molecule has 0 aromatic heterocycles. The number of aliphatic hydroxyl groups excluding tert-OH is 1. The van der Waals surface area contributed by atoms with Crippen LogP contribution in [0.15, 0.2) is 63.1 Å². The quantitative estimate of drug-likeness (QED) is 0.566. The van der Waals surface area contributed by atoms with Gasteiger partial charge in [-0.3, -0.25) is 4.79 Å². The van der Waals surface area contributed by atoms with Crippen molar-refractivity contribution in [3.63, 3.8) is 0 Å². The Kier molecular flexibility index (Phi) is 5.67. The SMILES string of the molecule is CS(=O)(=O)Cc1ccc2c(c1)S(=O)(=O)N=C(C1=C(O)C3C4CCC(O4)C3N(Cc3ccc(F)cc3)C1=O)N2. The van der Waals surface area contributed by atoms with Crippen LogP contribution >= 0.6 is 0 Å². The summed E-state index contributed by atoms with van der Waals surface area (Å²) in [6.45, 7) is 0.106. The van der Waals surface area contributed by atoms with Crippen LogP contribution in [0.1, 0.15) is 24.0 Å². The van der Waals surface area contributed by atoms with E-state index in [0.717, 1.165) is 12.7 Å². The molecule has 4 heterocycles. The van der Waals surface area contributed by atoms with Gasteiger partial charge in [0.05, 0.1) is 35.6 Å². The van der Waals surface area contributed by atoms with Crippen LogP contribution < -0.4 is 5.32 Å². The first kappa shape index (κ1) is 25.0. The number of nitrogens with zero attached hydrogens (tertiary/aromatic N) is 2. The second-order valence-corrected chi connectivity index (χ2v) is 13.8. The standard InChI is InChI=1S/C25H24FN3O7S2/c1-37(32,33)12-14-4-7-16-19(10-14)38(34,35)28-24(27-16)21-23(30)20-17-8-9-18(36-17)22(20)29(25(21)31)11-13-2-5-15(26)6-3-13/h2-7,10,17-18,20,22,30H,8-9,11-12H2,1H3,(H,27,28). The minimum atomic E-state index is -4.34. The van der Waals surface area contributed by atoms with E-state index >= 15 is 0 Å². The fraction of sp³-hybridized carbons (Fsp3) is 0.360. The third-order valence-electron chi connectivity index (χ3n) is 7.36. The van der Waals surface area contributed by atoms with Gasteiger partial charge in [0.15, 0.2) is 15.7 Å². The third-order valence-corrected chi connectivity index (χ3v) is 9.54. The van der Waals surface area contributed by atoms with Crippen LogP contribution in [-0.4, -0.2) is 63.1 Å². The molecule has 2 saturated heterocycles. The number of sulfone groups is 1. The van der Waals surface area contributed by atoms with Crippen molar-refractivity contribution < 1.29 is 35.9 Å². The predicted molar refractivity (Wildman–Crippen MR) is 135 cm³/mol. The Morgan fingerprint density at radius 2 is 1.82 bits per heavy atom. The van der Waals surface area contributed by atoms with E-state index in [1.807, 2.05) is 0 Å². The number of carbonyl (C=O) groups excluding carboxylic acids is 1. The number of ether oxygens (including phenoxy) is 1. The molecule has 2 aromatic rings. The van der Waals surface area contributed by atoms with E-state index in [1.165, 1.54) is 30.3 Å². The summed E-state index contributed by atoms with van der Waals surface area (Å²) in [6, 6.07) is 9.37. The molecule has 0 radical (unpaired) electrons. The van der Waals surface area contributed by atoms with Gasteiger partial charge in [-0.2, -0.15) is 8.42 Å². The summed E-state index contributed by atoms with van der Waals surface area (Å²) in [5.41, 5.74) is 0.783. The molecule has 2 fully saturated rings. The molecule has 2 N–H and O–H groups in total. The summed E-state index contributed by atoms with van der Waals surface area (Å²) < 4.78 is 73.0. The van der Waals surface area contributed by atoms with E-state index in [2.05, 4.69) is 9.71 Å². The van der Waals surface area contributed by atoms with Gasteiger partial charge in [0.25, 0.3) is 15.9 Å². The van der Waals surface area contributed by atoms with Gasteiger partial charge in [-0.1, -0.05) is 18.2 Å². The maximum atomic E-state index is 13.9. The Balaban J connectivity index is 1.41. The van der Waals surface area contributed by atoms with Gasteiger partial charge >= 0.3 is 0 Å². The Hall–Kier alpha value is -3.29. The molecule has 0 spiro atoms. The summed E-state index contributed by atoms with van der Waals surface area (Å²) in [5.74, 6) is -2.54. The van der Waals surface area contributed by atoms with E-state index in [-0.39, 0.29) is 57.8 Å². The van der Waals surface area contributed by atoms with Gasteiger partial charge in [0.1, 0.15) is 22.0 Å². The number of nitrogens with one attached hydrogen (secondary N) is 1. The lowest BCUT2D eigenvalue weighted by molar-refractivity contribution is -0.133. The minimum Gasteiger partial charge on any atom is -0.511 e. The fourth-order valence-electron chi connectivity index (χ4n) is 5.83. The number of sulfonamides is 1. The number of rotatable bonds is 5. The molecule has 13 heteroatoms. The minimum absolute atomic E-state index is 0.106. The fourth-order valence-corrected chi connectivity index (χ4v) is 7.79. The molecular formula is C25H24FN3O7S2. The highest BCUT2D eigenvalue weighted by Crippen LogP contribution is 2.48. The van der Waals surface area contributed by atoms with Crippen LogP contribution in [0, 0.1) is 11.7 Å². The summed E-state index contributed by atoms with van der Waals surface area (Å²) in [6.07, 6.45) is 1.83. The first-order valence-electron chi connectivity index (χ1n) is 12.0. The molecule has 2 aromatic carbocycles. The number of carbonyl (C=O) groups is 1. The van der Waals surface area contributed by atoms with E-state index in [0.29, 0.717) is 12.0 Å². The number of hydrogen-bond acceptors (Lipinski definition) is 8. The number of aliphatic hydroxyl groups is 1. The molecule has 200 valence electrons. The molecule has 4 aliphatic rings. The van der Waals surface area contributed by atoms with Crippen molar-refractivity contribution >= 4 is 37.3 Å². The Bertz CT molecular complexity index is 1640. The second-order valence-electron chi connectivity index (χ2n) is 10.1. The first-order chi connectivity index (χ1) is 17.9. The largest absolute Gasteiger partial charge is 0.511 e. The molecule has 6 rings (SSSR count). The maximum absolute atomic E-state index is 13.9. The number of amidine groups is 1. The van der Waals surface area contributed by atoms with E-state index in [9.17, 15) is 31.1 Å². The second kappa shape index (κ2) is 8.61. The van der Waals surface area contributed by atoms with Crippen molar-refractivity contribution in [2.24, 2.45) is 10.3 Å². The Labute approximate surface area is 218 Å². The van der Waals surface area contributed by atoms with E-state index < -0.39 is 43.5 Å². The summed E-state index contributed by atoms with van der Waals surface area (Å²) >= 11 is 0. The molecule has 0 saturated carbocycles. The zero-order chi connectivity index (χ0) is 27.0. The van der Waals surface area contributed by atoms with Crippen molar-refractivity contribution in [3.8, 4) is 0 Å². The highest BCUT2D eigenvalue weighted by Gasteiger charge is 2.58. The average Bonchev–Trinajstić information content (AvgIpc) is 3.45. The van der Waals surface area contributed by atoms with Crippen molar-refractivity contribution in [1.82, 2.24) is 4.90 Å². The number of hydrogen-bond donors (Lipinski definition) is 2. The van der Waals surface area contributed by atoms with Gasteiger partial charge in [-0.05, 0) is 48.2 Å². The normalized spacial score (nSPS) is 27.6. The molecular weight excluding hydrogens is 537 g/mol. The molecule has 1 amide bonds. The average molecular weight is 562 g/mol. The van der Waals surface area contributed by atoms with Gasteiger partial charge in [0.2, 0.25) is 0 Å². The lowest BCUT2D eigenvalue weighted by atomic mass is 9.77. The molecule has 0 aliphatic carbocycles. The summed E-state index contributed by atoms with van der Waals surface area (Å²) in [4.78, 5) is 15.2. The van der Waals surface area contributed by atoms with Crippen LogP contribution in [0.3, 0.4) is 0 Å². The zero-order valence-electron chi connectivity index (χ0n) is 20.2. The molecule has 2 bridgehead atoms. The number of halogens is 1. The smallest absolute Gasteiger partial charge is 0.286 e. The van der Waals surface area contributed by atoms with Crippen molar-refractivity contribution in [2.45, 2.75) is 48.3 Å². The van der Waals surface area contributed by atoms with Crippen LogP contribution in [0.25, 0.3) is 0 Å². The third kappa shape index (κ3) is 4.18. The highest BCUT2D eigenvalue weighted by atomic mass is 32.2. The lowest BCUT2D eigenvalue weighted by Gasteiger charge is -2.42. The van der Waals surface area contributed by atoms with E-state index in [4.69, 9.17) is 4.74 Å². The maximum Gasteiger partial charge on any atom is 0.286 e. The first-order valence-corrected chi connectivity index (χ1v) is 15.5. The number of anilines is 1. The van der Waals surface area contributed by atoms with Crippen molar-refractivity contribution in [1.29, 1.82) is 0 Å². The van der Waals surface area contributed by atoms with Crippen molar-refractivity contribution in [3.05, 3.63) is 70.7 Å². The molecule has 4 unspecified atom stereocenters. The van der Waals surface area contributed by atoms with Crippen LogP contribution in [0.5, 0.6) is 0 Å². The number of benzene rings is 2. The molecule has 4 atom stereocenters. The number of amides is 1.